The molecule has 0 bridgehead atoms. The molecule has 4 nitrogen and oxygen atoms in total. The van der Waals surface area contributed by atoms with Gasteiger partial charge in [-0.1, -0.05) is 36.7 Å². The van der Waals surface area contributed by atoms with Crippen molar-refractivity contribution in [3.05, 3.63) is 40.2 Å². The van der Waals surface area contributed by atoms with Crippen LogP contribution in [-0.2, 0) is 6.42 Å². The largest absolute Gasteiger partial charge is 0.216 e. The molecule has 0 radical (unpaired) electrons. The highest BCUT2D eigenvalue weighted by molar-refractivity contribution is 6.31. The smallest absolute Gasteiger partial charge is 0.186 e. The van der Waals surface area contributed by atoms with E-state index in [4.69, 9.17) is 16.9 Å². The lowest BCUT2D eigenvalue weighted by Gasteiger charge is -2.11. The normalized spacial score (nSPS) is 10.7. The molecule has 0 unspecified atom stereocenters. The van der Waals surface area contributed by atoms with Crippen molar-refractivity contribution in [1.82, 2.24) is 15.0 Å². The number of hydrogen-bond donors (Lipinski definition) is 0. The van der Waals surface area contributed by atoms with Crippen LogP contribution in [0.15, 0.2) is 18.2 Å². The highest BCUT2D eigenvalue weighted by Crippen LogP contribution is 2.24. The maximum atomic E-state index is 9.12. The number of aromatic nitrogens is 3. The van der Waals surface area contributed by atoms with E-state index in [-0.39, 0.29) is 0 Å². The Morgan fingerprint density at radius 2 is 2.16 bits per heavy atom. The maximum absolute atomic E-state index is 9.12. The molecule has 19 heavy (non-hydrogen) atoms. The topological polar surface area (TPSA) is 54.5 Å². The lowest BCUT2D eigenvalue weighted by atomic mass is 10.1. The molecule has 1 aromatic heterocycles. The van der Waals surface area contributed by atoms with E-state index in [1.165, 1.54) is 0 Å². The first-order valence-electron chi connectivity index (χ1n) is 6.14. The third-order valence-electron chi connectivity index (χ3n) is 2.94. The van der Waals surface area contributed by atoms with Gasteiger partial charge in [0.2, 0.25) is 0 Å². The summed E-state index contributed by atoms with van der Waals surface area (Å²) < 4.78 is 1.72. The van der Waals surface area contributed by atoms with Gasteiger partial charge >= 0.3 is 0 Å². The summed E-state index contributed by atoms with van der Waals surface area (Å²) in [5.41, 5.74) is 3.02. The SMILES string of the molecule is Cc1c(Cl)cccc1-n1nnc(C#N)c1CC(C)C. The van der Waals surface area contributed by atoms with E-state index in [1.807, 2.05) is 25.1 Å². The molecule has 1 heterocycles. The van der Waals surface area contributed by atoms with Crippen molar-refractivity contribution in [1.29, 1.82) is 5.26 Å². The first-order chi connectivity index (χ1) is 9.04. The van der Waals surface area contributed by atoms with Crippen molar-refractivity contribution < 1.29 is 0 Å². The van der Waals surface area contributed by atoms with Crippen LogP contribution in [0, 0.1) is 24.2 Å². The molecule has 0 aliphatic carbocycles. The second-order valence-electron chi connectivity index (χ2n) is 4.89. The summed E-state index contributed by atoms with van der Waals surface area (Å²) in [5, 5.41) is 17.8. The lowest BCUT2D eigenvalue weighted by molar-refractivity contribution is 0.613. The van der Waals surface area contributed by atoms with Gasteiger partial charge in [0.05, 0.1) is 11.4 Å². The van der Waals surface area contributed by atoms with Crippen LogP contribution in [0.25, 0.3) is 5.69 Å². The second kappa shape index (κ2) is 5.41. The third kappa shape index (κ3) is 2.61. The van der Waals surface area contributed by atoms with Gasteiger partial charge < -0.3 is 0 Å². The van der Waals surface area contributed by atoms with Crippen molar-refractivity contribution in [2.75, 3.05) is 0 Å². The Kier molecular flexibility index (Phi) is 3.87. The average Bonchev–Trinajstić information content (AvgIpc) is 2.75. The minimum atomic E-state index is 0.382. The van der Waals surface area contributed by atoms with Gasteiger partial charge in [-0.15, -0.1) is 5.10 Å². The minimum Gasteiger partial charge on any atom is -0.216 e. The van der Waals surface area contributed by atoms with Crippen LogP contribution in [0.4, 0.5) is 0 Å². The monoisotopic (exact) mass is 274 g/mol. The summed E-state index contributed by atoms with van der Waals surface area (Å²) in [6.45, 7) is 6.14. The zero-order chi connectivity index (χ0) is 14.0. The van der Waals surface area contributed by atoms with Crippen LogP contribution in [0.2, 0.25) is 5.02 Å². The highest BCUT2D eigenvalue weighted by atomic mass is 35.5. The van der Waals surface area contributed by atoms with E-state index in [1.54, 1.807) is 4.68 Å². The summed E-state index contributed by atoms with van der Waals surface area (Å²) in [6.07, 6.45) is 0.752. The maximum Gasteiger partial charge on any atom is 0.186 e. The van der Waals surface area contributed by atoms with Gasteiger partial charge in [-0.25, -0.2) is 4.68 Å². The van der Waals surface area contributed by atoms with Crippen molar-refractivity contribution >= 4 is 11.6 Å². The molecular weight excluding hydrogens is 260 g/mol. The molecule has 0 aliphatic rings. The van der Waals surface area contributed by atoms with Crippen LogP contribution in [0.3, 0.4) is 0 Å². The van der Waals surface area contributed by atoms with Crippen LogP contribution in [-0.4, -0.2) is 15.0 Å². The quantitative estimate of drug-likeness (QED) is 0.863. The fourth-order valence-corrected chi connectivity index (χ4v) is 2.15. The minimum absolute atomic E-state index is 0.382. The number of rotatable bonds is 3. The summed E-state index contributed by atoms with van der Waals surface area (Å²) >= 11 is 6.14. The van der Waals surface area contributed by atoms with E-state index in [2.05, 4.69) is 30.2 Å². The molecule has 1 aromatic carbocycles. The molecule has 0 spiro atoms. The van der Waals surface area contributed by atoms with Gasteiger partial charge in [0, 0.05) is 5.02 Å². The van der Waals surface area contributed by atoms with E-state index in [0.29, 0.717) is 16.6 Å². The van der Waals surface area contributed by atoms with Crippen LogP contribution >= 0.6 is 11.6 Å². The molecule has 2 aromatic rings. The van der Waals surface area contributed by atoms with Crippen molar-refractivity contribution in [2.24, 2.45) is 5.92 Å². The fraction of sp³-hybridized carbons (Fsp3) is 0.357. The van der Waals surface area contributed by atoms with E-state index < -0.39 is 0 Å². The number of hydrogen-bond acceptors (Lipinski definition) is 3. The number of nitriles is 1. The predicted octanol–water partition coefficient (Wildman–Crippen LogP) is 3.30. The Balaban J connectivity index is 2.60. The Morgan fingerprint density at radius 3 is 2.79 bits per heavy atom. The first-order valence-corrected chi connectivity index (χ1v) is 6.52. The van der Waals surface area contributed by atoms with Gasteiger partial charge in [-0.2, -0.15) is 5.26 Å². The molecule has 5 heteroatoms. The van der Waals surface area contributed by atoms with Crippen LogP contribution in [0.1, 0.15) is 30.8 Å². The lowest BCUT2D eigenvalue weighted by Crippen LogP contribution is -2.08. The van der Waals surface area contributed by atoms with Crippen LogP contribution < -0.4 is 0 Å². The second-order valence-corrected chi connectivity index (χ2v) is 5.30. The van der Waals surface area contributed by atoms with E-state index in [0.717, 1.165) is 23.4 Å². The fourth-order valence-electron chi connectivity index (χ4n) is 1.98. The van der Waals surface area contributed by atoms with Gasteiger partial charge in [-0.3, -0.25) is 0 Å². The molecular formula is C14H15ClN4. The Morgan fingerprint density at radius 1 is 1.42 bits per heavy atom. The Bertz CT molecular complexity index is 637. The summed E-state index contributed by atoms with van der Waals surface area (Å²) in [7, 11) is 0. The average molecular weight is 275 g/mol. The van der Waals surface area contributed by atoms with E-state index >= 15 is 0 Å². The summed E-state index contributed by atoms with van der Waals surface area (Å²) in [6, 6.07) is 7.74. The molecule has 0 N–H and O–H groups in total. The van der Waals surface area contributed by atoms with Gasteiger partial charge in [0.25, 0.3) is 0 Å². The van der Waals surface area contributed by atoms with Gasteiger partial charge in [-0.05, 0) is 37.0 Å². The molecule has 0 fully saturated rings. The standard InChI is InChI=1S/C14H15ClN4/c1-9(2)7-14-12(8-16)17-18-19(14)13-6-4-5-11(15)10(13)3/h4-6,9H,7H2,1-3H3. The zero-order valence-corrected chi connectivity index (χ0v) is 11.9. The molecule has 0 atom stereocenters. The Labute approximate surface area is 117 Å². The van der Waals surface area contributed by atoms with Crippen molar-refractivity contribution in [3.63, 3.8) is 0 Å². The molecule has 2 rings (SSSR count). The van der Waals surface area contributed by atoms with E-state index in [9.17, 15) is 0 Å². The molecule has 0 saturated heterocycles. The Hall–Kier alpha value is -1.86. The molecule has 0 aliphatic heterocycles. The van der Waals surface area contributed by atoms with Crippen LogP contribution in [0.5, 0.6) is 0 Å². The first kappa shape index (κ1) is 13.6. The van der Waals surface area contributed by atoms with Gasteiger partial charge in [0.15, 0.2) is 5.69 Å². The molecule has 98 valence electrons. The van der Waals surface area contributed by atoms with Gasteiger partial charge in [0.1, 0.15) is 6.07 Å². The number of halogens is 1. The molecule has 0 amide bonds. The third-order valence-corrected chi connectivity index (χ3v) is 3.35. The molecule has 0 saturated carbocycles. The number of benzene rings is 1. The zero-order valence-electron chi connectivity index (χ0n) is 11.2. The summed E-state index contributed by atoms with van der Waals surface area (Å²) in [5.74, 6) is 0.420. The van der Waals surface area contributed by atoms with Crippen molar-refractivity contribution in [2.45, 2.75) is 27.2 Å². The number of nitrogens with zero attached hydrogens (tertiary/aromatic N) is 4. The van der Waals surface area contributed by atoms with Crippen molar-refractivity contribution in [3.8, 4) is 11.8 Å². The summed E-state index contributed by atoms with van der Waals surface area (Å²) in [4.78, 5) is 0. The highest BCUT2D eigenvalue weighted by Gasteiger charge is 2.17. The predicted molar refractivity (Wildman–Crippen MR) is 74.4 cm³/mol.